The molecule has 132 valence electrons. The minimum Gasteiger partial charge on any atom is -0.406 e. The van der Waals surface area contributed by atoms with Crippen LogP contribution in [0.4, 0.5) is 13.2 Å². The lowest BCUT2D eigenvalue weighted by atomic mass is 10.1. The van der Waals surface area contributed by atoms with Crippen molar-refractivity contribution >= 4 is 9.84 Å². The van der Waals surface area contributed by atoms with Gasteiger partial charge in [-0.15, -0.1) is 13.2 Å². The molecule has 0 spiro atoms. The Balaban J connectivity index is 1.80. The van der Waals surface area contributed by atoms with Crippen LogP contribution >= 0.6 is 0 Å². The zero-order chi connectivity index (χ0) is 18.1. The number of halogens is 3. The van der Waals surface area contributed by atoms with Crippen molar-refractivity contribution in [3.8, 4) is 5.75 Å². The van der Waals surface area contributed by atoms with Crippen molar-refractivity contribution in [2.75, 3.05) is 0 Å². The zero-order valence-corrected chi connectivity index (χ0v) is 13.3. The van der Waals surface area contributed by atoms with Crippen molar-refractivity contribution in [2.24, 2.45) is 0 Å². The normalized spacial score (nSPS) is 17.7. The third-order valence-electron chi connectivity index (χ3n) is 3.37. The molecule has 1 aliphatic rings. The molecule has 0 bridgehead atoms. The number of nitrogens with one attached hydrogen (secondary N) is 1. The fourth-order valence-corrected chi connectivity index (χ4v) is 3.45. The SMILES string of the molecule is O=S(=O)(C1=C[C@@H](c2ccc(OC(F)(F)F)cc2)ON1)c1ccccc1. The maximum atomic E-state index is 12.5. The molecule has 0 radical (unpaired) electrons. The maximum Gasteiger partial charge on any atom is 0.573 e. The van der Waals surface area contributed by atoms with Crippen molar-refractivity contribution in [1.82, 2.24) is 5.48 Å². The number of hydrogen-bond acceptors (Lipinski definition) is 5. The quantitative estimate of drug-likeness (QED) is 0.892. The average Bonchev–Trinajstić information content (AvgIpc) is 3.06. The summed E-state index contributed by atoms with van der Waals surface area (Å²) >= 11 is 0. The van der Waals surface area contributed by atoms with Crippen LogP contribution in [0, 0.1) is 0 Å². The fraction of sp³-hybridized carbons (Fsp3) is 0.125. The number of benzene rings is 2. The van der Waals surface area contributed by atoms with Gasteiger partial charge in [0.25, 0.3) is 0 Å². The first kappa shape index (κ1) is 17.3. The summed E-state index contributed by atoms with van der Waals surface area (Å²) in [6.07, 6.45) is -4.18. The third-order valence-corrected chi connectivity index (χ3v) is 5.07. The molecule has 1 heterocycles. The molecular weight excluding hydrogens is 359 g/mol. The second-order valence-electron chi connectivity index (χ2n) is 5.10. The predicted octanol–water partition coefficient (Wildman–Crippen LogP) is 3.48. The molecule has 0 unspecified atom stereocenters. The molecule has 3 rings (SSSR count). The monoisotopic (exact) mass is 371 g/mol. The van der Waals surface area contributed by atoms with Crippen LogP contribution in [-0.4, -0.2) is 14.8 Å². The van der Waals surface area contributed by atoms with Crippen molar-refractivity contribution < 1.29 is 31.2 Å². The van der Waals surface area contributed by atoms with Crippen LogP contribution in [0.1, 0.15) is 11.7 Å². The molecule has 2 aromatic rings. The van der Waals surface area contributed by atoms with Gasteiger partial charge in [0.1, 0.15) is 11.9 Å². The van der Waals surface area contributed by atoms with Gasteiger partial charge >= 0.3 is 6.36 Å². The van der Waals surface area contributed by atoms with Crippen molar-refractivity contribution in [2.45, 2.75) is 17.4 Å². The minimum absolute atomic E-state index is 0.104. The van der Waals surface area contributed by atoms with Crippen LogP contribution in [0.15, 0.2) is 70.6 Å². The van der Waals surface area contributed by atoms with E-state index in [0.29, 0.717) is 5.56 Å². The summed E-state index contributed by atoms with van der Waals surface area (Å²) in [5.41, 5.74) is 2.83. The van der Waals surface area contributed by atoms with E-state index in [1.54, 1.807) is 18.2 Å². The molecule has 0 amide bonds. The van der Waals surface area contributed by atoms with Gasteiger partial charge in [-0.2, -0.15) is 0 Å². The smallest absolute Gasteiger partial charge is 0.406 e. The molecule has 2 aromatic carbocycles. The van der Waals surface area contributed by atoms with E-state index in [2.05, 4.69) is 10.2 Å². The fourth-order valence-electron chi connectivity index (χ4n) is 2.22. The van der Waals surface area contributed by atoms with E-state index in [4.69, 9.17) is 4.84 Å². The van der Waals surface area contributed by atoms with E-state index < -0.39 is 22.3 Å². The molecule has 1 atom stereocenters. The van der Waals surface area contributed by atoms with Gasteiger partial charge < -0.3 is 4.74 Å². The van der Waals surface area contributed by atoms with E-state index >= 15 is 0 Å². The molecule has 9 heteroatoms. The highest BCUT2D eigenvalue weighted by Crippen LogP contribution is 2.31. The molecular formula is C16H12F3NO4S. The summed E-state index contributed by atoms with van der Waals surface area (Å²) in [5, 5.41) is -0.126. The Morgan fingerprint density at radius 2 is 1.64 bits per heavy atom. The van der Waals surface area contributed by atoms with Crippen molar-refractivity contribution in [3.63, 3.8) is 0 Å². The van der Waals surface area contributed by atoms with Gasteiger partial charge in [0.05, 0.1) is 4.90 Å². The van der Waals surface area contributed by atoms with Crippen LogP contribution < -0.4 is 10.2 Å². The first-order chi connectivity index (χ1) is 11.8. The van der Waals surface area contributed by atoms with Crippen LogP contribution in [0.25, 0.3) is 0 Å². The number of hydrogen-bond donors (Lipinski definition) is 1. The van der Waals surface area contributed by atoms with Gasteiger partial charge in [-0.05, 0) is 35.9 Å². The van der Waals surface area contributed by atoms with Gasteiger partial charge in [-0.3, -0.25) is 10.3 Å². The van der Waals surface area contributed by atoms with Crippen LogP contribution in [0.2, 0.25) is 0 Å². The second kappa shape index (κ2) is 6.41. The number of ether oxygens (including phenoxy) is 1. The maximum absolute atomic E-state index is 12.5. The topological polar surface area (TPSA) is 64.6 Å². The Morgan fingerprint density at radius 3 is 2.24 bits per heavy atom. The Kier molecular flexibility index (Phi) is 4.44. The Bertz CT molecular complexity index is 878. The Labute approximate surface area is 141 Å². The van der Waals surface area contributed by atoms with Crippen LogP contribution in [0.3, 0.4) is 0 Å². The van der Waals surface area contributed by atoms with Gasteiger partial charge in [0, 0.05) is 0 Å². The molecule has 25 heavy (non-hydrogen) atoms. The van der Waals surface area contributed by atoms with Gasteiger partial charge in [-0.25, -0.2) is 8.42 Å². The third kappa shape index (κ3) is 3.94. The summed E-state index contributed by atoms with van der Waals surface area (Å²) in [7, 11) is -3.76. The van der Waals surface area contributed by atoms with Crippen LogP contribution in [-0.2, 0) is 14.7 Å². The van der Waals surface area contributed by atoms with Gasteiger partial charge in [0.2, 0.25) is 9.84 Å². The van der Waals surface area contributed by atoms with E-state index in [9.17, 15) is 21.6 Å². The lowest BCUT2D eigenvalue weighted by Gasteiger charge is -2.11. The van der Waals surface area contributed by atoms with E-state index in [-0.39, 0.29) is 15.7 Å². The standard InChI is InChI=1S/C16H12F3NO4S/c17-16(18,19)23-12-8-6-11(7-9-12)14-10-15(20-24-14)25(21,22)13-4-2-1-3-5-13/h1-10,14,20H/t14-/m0/s1. The highest BCUT2D eigenvalue weighted by molar-refractivity contribution is 7.95. The lowest BCUT2D eigenvalue weighted by Crippen LogP contribution is -2.17. The lowest BCUT2D eigenvalue weighted by molar-refractivity contribution is -0.274. The number of rotatable bonds is 4. The average molecular weight is 371 g/mol. The minimum atomic E-state index is -4.77. The summed E-state index contributed by atoms with van der Waals surface area (Å²) < 4.78 is 65.2. The summed E-state index contributed by atoms with van der Waals surface area (Å²) in [5.74, 6) is -0.372. The van der Waals surface area contributed by atoms with Crippen LogP contribution in [0.5, 0.6) is 5.75 Å². The molecule has 0 fully saturated rings. The van der Waals surface area contributed by atoms with Crippen molar-refractivity contribution in [1.29, 1.82) is 0 Å². The Morgan fingerprint density at radius 1 is 1.00 bits per heavy atom. The number of sulfone groups is 1. The number of alkyl halides is 3. The first-order valence-corrected chi connectivity index (χ1v) is 8.53. The van der Waals surface area contributed by atoms with Gasteiger partial charge in [-0.1, -0.05) is 30.3 Å². The second-order valence-corrected chi connectivity index (χ2v) is 7.02. The summed E-state index contributed by atoms with van der Waals surface area (Å²) in [6.45, 7) is 0. The van der Waals surface area contributed by atoms with Gasteiger partial charge in [0.15, 0.2) is 5.03 Å². The van der Waals surface area contributed by atoms with E-state index in [1.165, 1.54) is 30.3 Å². The predicted molar refractivity (Wildman–Crippen MR) is 81.8 cm³/mol. The molecule has 0 saturated carbocycles. The summed E-state index contributed by atoms with van der Waals surface area (Å²) in [6, 6.07) is 12.8. The Hall–Kier alpha value is -2.52. The molecule has 5 nitrogen and oxygen atoms in total. The molecule has 0 aromatic heterocycles. The highest BCUT2D eigenvalue weighted by atomic mass is 32.2. The molecule has 1 aliphatic heterocycles. The first-order valence-electron chi connectivity index (χ1n) is 7.05. The largest absolute Gasteiger partial charge is 0.573 e. The van der Waals surface area contributed by atoms with E-state index in [0.717, 1.165) is 12.1 Å². The highest BCUT2D eigenvalue weighted by Gasteiger charge is 2.32. The molecule has 0 saturated heterocycles. The van der Waals surface area contributed by atoms with Crippen molar-refractivity contribution in [3.05, 3.63) is 71.3 Å². The number of hydroxylamine groups is 1. The zero-order valence-electron chi connectivity index (χ0n) is 12.5. The summed E-state index contributed by atoms with van der Waals surface area (Å²) in [4.78, 5) is 5.32. The molecule has 0 aliphatic carbocycles. The molecule has 1 N–H and O–H groups in total. The van der Waals surface area contributed by atoms with E-state index in [1.807, 2.05) is 0 Å².